The Labute approximate surface area is 169 Å². The van der Waals surface area contributed by atoms with E-state index in [1.807, 2.05) is 26.8 Å². The van der Waals surface area contributed by atoms with Crippen LogP contribution in [-0.2, 0) is 15.4 Å². The zero-order chi connectivity index (χ0) is 20.5. The van der Waals surface area contributed by atoms with Gasteiger partial charge in [-0.15, -0.1) is 11.3 Å². The Morgan fingerprint density at radius 1 is 1.18 bits per heavy atom. The summed E-state index contributed by atoms with van der Waals surface area (Å²) in [5.74, 6) is -0.123. The summed E-state index contributed by atoms with van der Waals surface area (Å²) >= 11 is 1.38. The maximum atomic E-state index is 12.9. The number of nitriles is 1. The zero-order valence-electron chi connectivity index (χ0n) is 16.0. The molecule has 9 heteroatoms. The monoisotopic (exact) mass is 418 g/mol. The molecule has 1 aromatic heterocycles. The van der Waals surface area contributed by atoms with Crippen molar-refractivity contribution in [2.75, 3.05) is 26.2 Å². The van der Waals surface area contributed by atoms with E-state index in [2.05, 4.69) is 4.98 Å². The Kier molecular flexibility index (Phi) is 5.57. The molecule has 3 rings (SSSR count). The van der Waals surface area contributed by atoms with Crippen LogP contribution in [0, 0.1) is 11.3 Å². The fourth-order valence-electron chi connectivity index (χ4n) is 2.93. The maximum absolute atomic E-state index is 12.9. The van der Waals surface area contributed by atoms with Crippen LogP contribution in [-0.4, -0.2) is 54.7 Å². The van der Waals surface area contributed by atoms with Gasteiger partial charge in [-0.1, -0.05) is 32.9 Å². The number of hydrogen-bond acceptors (Lipinski definition) is 6. The number of nitrogens with zero attached hydrogens (tertiary/aromatic N) is 4. The Hall–Kier alpha value is -2.28. The molecule has 7 nitrogen and oxygen atoms in total. The highest BCUT2D eigenvalue weighted by atomic mass is 32.2. The third-order valence-electron chi connectivity index (χ3n) is 4.51. The molecular formula is C19H22N4O3S2. The first-order valence-electron chi connectivity index (χ1n) is 8.89. The summed E-state index contributed by atoms with van der Waals surface area (Å²) in [4.78, 5) is 19.3. The number of carbonyl (C=O) groups excluding carboxylic acids is 1. The molecule has 0 N–H and O–H groups in total. The van der Waals surface area contributed by atoms with E-state index in [0.29, 0.717) is 18.0 Å². The minimum Gasteiger partial charge on any atom is -0.335 e. The molecule has 1 aromatic carbocycles. The van der Waals surface area contributed by atoms with Gasteiger partial charge in [-0.2, -0.15) is 9.57 Å². The molecule has 1 aliphatic rings. The first kappa shape index (κ1) is 20.5. The van der Waals surface area contributed by atoms with Gasteiger partial charge in [-0.3, -0.25) is 4.79 Å². The molecular weight excluding hydrogens is 396 g/mol. The summed E-state index contributed by atoms with van der Waals surface area (Å²) in [6.07, 6.45) is 1.60. The molecule has 0 aliphatic carbocycles. The molecule has 0 saturated carbocycles. The van der Waals surface area contributed by atoms with Gasteiger partial charge >= 0.3 is 0 Å². The quantitative estimate of drug-likeness (QED) is 0.763. The number of hydrogen-bond donors (Lipinski definition) is 0. The molecule has 1 fully saturated rings. The minimum absolute atomic E-state index is 0.00884. The molecule has 2 heterocycles. The van der Waals surface area contributed by atoms with Crippen molar-refractivity contribution in [3.8, 4) is 6.07 Å². The number of amides is 1. The third-order valence-corrected chi connectivity index (χ3v) is 7.88. The van der Waals surface area contributed by atoms with Crippen LogP contribution in [0.1, 0.15) is 41.0 Å². The van der Waals surface area contributed by atoms with E-state index in [4.69, 9.17) is 0 Å². The van der Waals surface area contributed by atoms with Gasteiger partial charge < -0.3 is 4.90 Å². The number of sulfonamides is 1. The van der Waals surface area contributed by atoms with Gasteiger partial charge in [0.1, 0.15) is 10.9 Å². The highest BCUT2D eigenvalue weighted by Crippen LogP contribution is 2.28. The summed E-state index contributed by atoms with van der Waals surface area (Å²) < 4.78 is 27.1. The second kappa shape index (κ2) is 7.62. The largest absolute Gasteiger partial charge is 0.335 e. The summed E-state index contributed by atoms with van der Waals surface area (Å²) in [7, 11) is -3.77. The molecule has 1 amide bonds. The first-order valence-corrected chi connectivity index (χ1v) is 11.1. The lowest BCUT2D eigenvalue weighted by atomic mass is 9.98. The topological polar surface area (TPSA) is 94.4 Å². The van der Waals surface area contributed by atoms with Crippen molar-refractivity contribution < 1.29 is 13.2 Å². The zero-order valence-corrected chi connectivity index (χ0v) is 17.7. The number of piperazine rings is 1. The van der Waals surface area contributed by atoms with Crippen molar-refractivity contribution in [1.82, 2.24) is 14.2 Å². The van der Waals surface area contributed by atoms with Gasteiger partial charge in [-0.05, 0) is 12.1 Å². The Bertz CT molecular complexity index is 1020. The molecule has 0 bridgehead atoms. The Morgan fingerprint density at radius 3 is 2.39 bits per heavy atom. The van der Waals surface area contributed by atoms with Crippen molar-refractivity contribution in [3.05, 3.63) is 45.9 Å². The van der Waals surface area contributed by atoms with Gasteiger partial charge in [-0.25, -0.2) is 13.4 Å². The predicted octanol–water partition coefficient (Wildman–Crippen LogP) is 2.46. The van der Waals surface area contributed by atoms with Gasteiger partial charge in [0.05, 0.1) is 21.7 Å². The molecule has 28 heavy (non-hydrogen) atoms. The number of aromatic nitrogens is 1. The first-order chi connectivity index (χ1) is 13.1. The van der Waals surface area contributed by atoms with Crippen LogP contribution in [0.4, 0.5) is 0 Å². The van der Waals surface area contributed by atoms with Crippen LogP contribution < -0.4 is 0 Å². The second-order valence-corrected chi connectivity index (χ2v) is 10.5. The fourth-order valence-corrected chi connectivity index (χ4v) is 5.44. The van der Waals surface area contributed by atoms with E-state index in [1.54, 1.807) is 23.2 Å². The summed E-state index contributed by atoms with van der Waals surface area (Å²) in [6.45, 7) is 7.12. The highest BCUT2D eigenvalue weighted by molar-refractivity contribution is 7.89. The smallest absolute Gasteiger partial charge is 0.265 e. The number of carbonyl (C=O) groups is 1. The second-order valence-electron chi connectivity index (χ2n) is 7.58. The minimum atomic E-state index is -3.77. The molecule has 1 aliphatic heterocycles. The van der Waals surface area contributed by atoms with Crippen LogP contribution in [0.25, 0.3) is 0 Å². The van der Waals surface area contributed by atoms with Crippen molar-refractivity contribution in [2.24, 2.45) is 0 Å². The highest BCUT2D eigenvalue weighted by Gasteiger charge is 2.32. The maximum Gasteiger partial charge on any atom is 0.265 e. The van der Waals surface area contributed by atoms with Gasteiger partial charge in [0.15, 0.2) is 0 Å². The average Bonchev–Trinajstić information content (AvgIpc) is 3.18. The van der Waals surface area contributed by atoms with Crippen molar-refractivity contribution >= 4 is 27.3 Å². The predicted molar refractivity (Wildman–Crippen MR) is 107 cm³/mol. The van der Waals surface area contributed by atoms with E-state index >= 15 is 0 Å². The van der Waals surface area contributed by atoms with Crippen LogP contribution in [0.3, 0.4) is 0 Å². The lowest BCUT2D eigenvalue weighted by molar-refractivity contribution is 0.0702. The summed E-state index contributed by atoms with van der Waals surface area (Å²) in [5, 5.41) is 10.1. The molecule has 0 atom stereocenters. The van der Waals surface area contributed by atoms with Crippen LogP contribution >= 0.6 is 11.3 Å². The molecule has 1 saturated heterocycles. The van der Waals surface area contributed by atoms with Crippen molar-refractivity contribution in [2.45, 2.75) is 31.1 Å². The third kappa shape index (κ3) is 3.94. The lowest BCUT2D eigenvalue weighted by Crippen LogP contribution is -2.50. The van der Waals surface area contributed by atoms with Crippen molar-refractivity contribution in [3.63, 3.8) is 0 Å². The molecule has 0 spiro atoms. The van der Waals surface area contributed by atoms with Gasteiger partial charge in [0, 0.05) is 31.6 Å². The number of benzene rings is 1. The fraction of sp³-hybridized carbons (Fsp3) is 0.421. The lowest BCUT2D eigenvalue weighted by Gasteiger charge is -2.33. The standard InChI is InChI=1S/C19H22N4O3S2/c1-19(2,3)18-21-13-15(27-18)17(24)22-8-10-23(11-9-22)28(25,26)16-7-5-4-6-14(16)12-20/h4-7,13H,8-11H2,1-3H3. The van der Waals surface area contributed by atoms with E-state index < -0.39 is 10.0 Å². The molecule has 0 radical (unpaired) electrons. The van der Waals surface area contributed by atoms with E-state index in [-0.39, 0.29) is 34.9 Å². The Balaban J connectivity index is 1.71. The number of thiazole rings is 1. The van der Waals surface area contributed by atoms with Crippen LogP contribution in [0.2, 0.25) is 0 Å². The van der Waals surface area contributed by atoms with Crippen LogP contribution in [0.5, 0.6) is 0 Å². The molecule has 148 valence electrons. The number of rotatable bonds is 3. The van der Waals surface area contributed by atoms with E-state index in [9.17, 15) is 18.5 Å². The van der Waals surface area contributed by atoms with E-state index in [0.717, 1.165) is 5.01 Å². The SMILES string of the molecule is CC(C)(C)c1ncc(C(=O)N2CCN(S(=O)(=O)c3ccccc3C#N)CC2)s1. The van der Waals surface area contributed by atoms with E-state index in [1.165, 1.54) is 27.8 Å². The van der Waals surface area contributed by atoms with Crippen molar-refractivity contribution in [1.29, 1.82) is 5.26 Å². The molecule has 2 aromatic rings. The normalized spacial score (nSPS) is 16.0. The van der Waals surface area contributed by atoms with Gasteiger partial charge in [0.25, 0.3) is 5.91 Å². The van der Waals surface area contributed by atoms with Crippen LogP contribution in [0.15, 0.2) is 35.4 Å². The summed E-state index contributed by atoms with van der Waals surface area (Å²) in [6, 6.07) is 8.09. The van der Waals surface area contributed by atoms with Gasteiger partial charge in [0.2, 0.25) is 10.0 Å². The Morgan fingerprint density at radius 2 is 1.82 bits per heavy atom. The molecule has 0 unspecified atom stereocenters. The average molecular weight is 419 g/mol. The summed E-state index contributed by atoms with van der Waals surface area (Å²) in [5.41, 5.74) is 0.00442.